The van der Waals surface area contributed by atoms with E-state index in [0.717, 1.165) is 15.6 Å². The second kappa shape index (κ2) is 5.25. The molecule has 18 heavy (non-hydrogen) atoms. The quantitative estimate of drug-likeness (QED) is 0.873. The topological polar surface area (TPSA) is 26.0 Å². The van der Waals surface area contributed by atoms with Crippen molar-refractivity contribution < 1.29 is 0 Å². The molecule has 2 N–H and O–H groups in total. The van der Waals surface area contributed by atoms with Gasteiger partial charge in [0.15, 0.2) is 0 Å². The van der Waals surface area contributed by atoms with E-state index in [1.54, 1.807) is 0 Å². The molecule has 2 aromatic rings. The van der Waals surface area contributed by atoms with Crippen molar-refractivity contribution in [3.63, 3.8) is 0 Å². The molecule has 0 aliphatic rings. The molecule has 0 heterocycles. The molecule has 0 radical (unpaired) electrons. The molecule has 2 rings (SSSR count). The summed E-state index contributed by atoms with van der Waals surface area (Å²) in [5.74, 6) is 0. The van der Waals surface area contributed by atoms with E-state index < -0.39 is 0 Å². The Kier molecular flexibility index (Phi) is 3.88. The molecular weight excluding hydrogens is 286 g/mol. The average Bonchev–Trinajstić information content (AvgIpc) is 2.35. The third kappa shape index (κ3) is 2.50. The minimum atomic E-state index is -0.0847. The lowest BCUT2D eigenvalue weighted by Crippen LogP contribution is -2.13. The molecule has 1 atom stereocenters. The zero-order chi connectivity index (χ0) is 13.3. The third-order valence-electron chi connectivity index (χ3n) is 3.45. The average molecular weight is 304 g/mol. The Morgan fingerprint density at radius 2 is 1.67 bits per heavy atom. The smallest absolute Gasteiger partial charge is 0.0563 e. The maximum absolute atomic E-state index is 6.37. The van der Waals surface area contributed by atoms with Crippen LogP contribution < -0.4 is 5.73 Å². The van der Waals surface area contributed by atoms with Gasteiger partial charge in [-0.3, -0.25) is 0 Å². The first-order chi connectivity index (χ1) is 8.50. The summed E-state index contributed by atoms with van der Waals surface area (Å²) in [4.78, 5) is 0. The highest BCUT2D eigenvalue weighted by atomic mass is 79.9. The van der Waals surface area contributed by atoms with Crippen molar-refractivity contribution in [2.45, 2.75) is 26.8 Å². The highest BCUT2D eigenvalue weighted by molar-refractivity contribution is 9.10. The summed E-state index contributed by atoms with van der Waals surface area (Å²) in [6, 6.07) is 12.6. The van der Waals surface area contributed by atoms with Crippen LogP contribution in [0.1, 0.15) is 33.9 Å². The van der Waals surface area contributed by atoms with Gasteiger partial charge >= 0.3 is 0 Å². The largest absolute Gasteiger partial charge is 0.320 e. The number of nitrogens with two attached hydrogens (primary N) is 1. The minimum Gasteiger partial charge on any atom is -0.320 e. The van der Waals surface area contributed by atoms with E-state index >= 15 is 0 Å². The van der Waals surface area contributed by atoms with Crippen molar-refractivity contribution >= 4 is 15.9 Å². The fourth-order valence-electron chi connectivity index (χ4n) is 2.05. The zero-order valence-corrected chi connectivity index (χ0v) is 12.6. The Morgan fingerprint density at radius 3 is 2.33 bits per heavy atom. The molecule has 1 nitrogen and oxygen atoms in total. The summed E-state index contributed by atoms with van der Waals surface area (Å²) in [5, 5.41) is 0. The number of rotatable bonds is 2. The van der Waals surface area contributed by atoms with Crippen molar-refractivity contribution in [2.24, 2.45) is 5.73 Å². The van der Waals surface area contributed by atoms with Gasteiger partial charge < -0.3 is 5.73 Å². The maximum Gasteiger partial charge on any atom is 0.0563 e. The molecule has 0 bridgehead atoms. The Labute approximate surface area is 117 Å². The van der Waals surface area contributed by atoms with Crippen molar-refractivity contribution in [2.75, 3.05) is 0 Å². The lowest BCUT2D eigenvalue weighted by atomic mass is 9.95. The van der Waals surface area contributed by atoms with Gasteiger partial charge in [0.1, 0.15) is 0 Å². The molecule has 0 saturated carbocycles. The Balaban J connectivity index is 2.44. The first kappa shape index (κ1) is 13.3. The monoisotopic (exact) mass is 303 g/mol. The van der Waals surface area contributed by atoms with E-state index in [0.29, 0.717) is 0 Å². The Hall–Kier alpha value is -1.12. The van der Waals surface area contributed by atoms with E-state index in [-0.39, 0.29) is 6.04 Å². The second-order valence-corrected chi connectivity index (χ2v) is 5.59. The summed E-state index contributed by atoms with van der Waals surface area (Å²) < 4.78 is 1.11. The van der Waals surface area contributed by atoms with Crippen LogP contribution in [0.15, 0.2) is 40.9 Å². The van der Waals surface area contributed by atoms with Gasteiger partial charge in [-0.2, -0.15) is 0 Å². The lowest BCUT2D eigenvalue weighted by molar-refractivity contribution is 0.861. The molecule has 0 aliphatic carbocycles. The van der Waals surface area contributed by atoms with E-state index in [1.165, 1.54) is 16.7 Å². The Bertz CT molecular complexity index is 575. The van der Waals surface area contributed by atoms with Gasteiger partial charge in [-0.15, -0.1) is 0 Å². The Morgan fingerprint density at radius 1 is 0.944 bits per heavy atom. The summed E-state index contributed by atoms with van der Waals surface area (Å²) in [5.41, 5.74) is 12.5. The number of halogens is 1. The predicted molar refractivity (Wildman–Crippen MR) is 80.8 cm³/mol. The van der Waals surface area contributed by atoms with Gasteiger partial charge in [-0.25, -0.2) is 0 Å². The van der Waals surface area contributed by atoms with E-state index in [4.69, 9.17) is 5.73 Å². The number of benzene rings is 2. The molecular formula is C16H18BrN. The van der Waals surface area contributed by atoms with Gasteiger partial charge in [0.2, 0.25) is 0 Å². The van der Waals surface area contributed by atoms with Gasteiger partial charge in [0, 0.05) is 4.47 Å². The SMILES string of the molecule is Cc1ccc(C(N)c2cccc(C)c2Br)cc1C. The van der Waals surface area contributed by atoms with Crippen molar-refractivity contribution in [3.8, 4) is 0 Å². The van der Waals surface area contributed by atoms with E-state index in [2.05, 4.69) is 73.1 Å². The van der Waals surface area contributed by atoms with Crippen LogP contribution in [0.3, 0.4) is 0 Å². The van der Waals surface area contributed by atoms with E-state index in [9.17, 15) is 0 Å². The first-order valence-corrected chi connectivity index (χ1v) is 6.87. The van der Waals surface area contributed by atoms with Gasteiger partial charge in [0.25, 0.3) is 0 Å². The standard InChI is InChI=1S/C16H18BrN/c1-10-7-8-13(9-12(10)3)16(18)14-6-4-5-11(2)15(14)17/h4-9,16H,18H2,1-3H3. The van der Waals surface area contributed by atoms with Crippen LogP contribution in [0.5, 0.6) is 0 Å². The van der Waals surface area contributed by atoms with Gasteiger partial charge in [0.05, 0.1) is 6.04 Å². The van der Waals surface area contributed by atoms with Crippen LogP contribution in [0.4, 0.5) is 0 Å². The summed E-state index contributed by atoms with van der Waals surface area (Å²) in [6.07, 6.45) is 0. The van der Waals surface area contributed by atoms with Crippen molar-refractivity contribution in [3.05, 3.63) is 68.7 Å². The third-order valence-corrected chi connectivity index (χ3v) is 4.53. The fraction of sp³-hybridized carbons (Fsp3) is 0.250. The summed E-state index contributed by atoms with van der Waals surface area (Å²) in [7, 11) is 0. The molecule has 0 amide bonds. The number of hydrogen-bond donors (Lipinski definition) is 1. The molecule has 0 aromatic heterocycles. The number of hydrogen-bond acceptors (Lipinski definition) is 1. The zero-order valence-electron chi connectivity index (χ0n) is 11.0. The highest BCUT2D eigenvalue weighted by Crippen LogP contribution is 2.29. The second-order valence-electron chi connectivity index (χ2n) is 4.80. The van der Waals surface area contributed by atoms with Crippen LogP contribution in [0.25, 0.3) is 0 Å². The molecule has 2 heteroatoms. The molecule has 0 aliphatic heterocycles. The van der Waals surface area contributed by atoms with Crippen LogP contribution >= 0.6 is 15.9 Å². The van der Waals surface area contributed by atoms with Crippen molar-refractivity contribution in [1.82, 2.24) is 0 Å². The molecule has 0 fully saturated rings. The molecule has 94 valence electrons. The van der Waals surface area contributed by atoms with Crippen molar-refractivity contribution in [1.29, 1.82) is 0 Å². The normalized spacial score (nSPS) is 12.5. The first-order valence-electron chi connectivity index (χ1n) is 6.08. The molecule has 1 unspecified atom stereocenters. The van der Waals surface area contributed by atoms with Gasteiger partial charge in [-0.1, -0.05) is 52.3 Å². The number of aryl methyl sites for hydroxylation is 3. The van der Waals surface area contributed by atoms with Crippen LogP contribution in [-0.2, 0) is 0 Å². The lowest BCUT2D eigenvalue weighted by Gasteiger charge is -2.17. The van der Waals surface area contributed by atoms with Gasteiger partial charge in [-0.05, 0) is 48.6 Å². The van der Waals surface area contributed by atoms with Crippen LogP contribution in [-0.4, -0.2) is 0 Å². The molecule has 2 aromatic carbocycles. The predicted octanol–water partition coefficient (Wildman–Crippen LogP) is 4.42. The molecule has 0 spiro atoms. The maximum atomic E-state index is 6.37. The van der Waals surface area contributed by atoms with E-state index in [1.807, 2.05) is 0 Å². The highest BCUT2D eigenvalue weighted by Gasteiger charge is 2.13. The van der Waals surface area contributed by atoms with Crippen LogP contribution in [0.2, 0.25) is 0 Å². The van der Waals surface area contributed by atoms with Crippen LogP contribution in [0, 0.1) is 20.8 Å². The minimum absolute atomic E-state index is 0.0847. The fourth-order valence-corrected chi connectivity index (χ4v) is 2.56. The molecule has 0 saturated heterocycles. The summed E-state index contributed by atoms with van der Waals surface area (Å²) >= 11 is 3.63. The summed E-state index contributed by atoms with van der Waals surface area (Å²) in [6.45, 7) is 6.32.